The first kappa shape index (κ1) is 19.3. The fraction of sp³-hybridized carbons (Fsp3) is 0.600. The predicted molar refractivity (Wildman–Crippen MR) is 97.8 cm³/mol. The van der Waals surface area contributed by atoms with Gasteiger partial charge in [0.1, 0.15) is 6.61 Å². The van der Waals surface area contributed by atoms with E-state index in [1.165, 1.54) is 30.7 Å². The molecular weight excluding hydrogens is 318 g/mol. The molecule has 0 amide bonds. The van der Waals surface area contributed by atoms with Crippen LogP contribution in [0.5, 0.6) is 0 Å². The van der Waals surface area contributed by atoms with Crippen molar-refractivity contribution in [3.05, 3.63) is 29.3 Å². The minimum atomic E-state index is -0.498. The van der Waals surface area contributed by atoms with Crippen LogP contribution in [0.4, 0.5) is 5.69 Å². The fourth-order valence-corrected chi connectivity index (χ4v) is 3.72. The fourth-order valence-electron chi connectivity index (χ4n) is 3.72. The third-order valence-corrected chi connectivity index (χ3v) is 4.74. The van der Waals surface area contributed by atoms with Crippen molar-refractivity contribution >= 4 is 17.6 Å². The van der Waals surface area contributed by atoms with Gasteiger partial charge >= 0.3 is 11.9 Å². The van der Waals surface area contributed by atoms with Crippen LogP contribution < -0.4 is 4.90 Å². The van der Waals surface area contributed by atoms with Crippen molar-refractivity contribution in [2.45, 2.75) is 65.5 Å². The molecule has 1 aliphatic rings. The Hall–Kier alpha value is -2.04. The molecular formula is C20H29NO4. The smallest absolute Gasteiger partial charge is 0.303 e. The highest BCUT2D eigenvalue weighted by Gasteiger charge is 2.38. The van der Waals surface area contributed by atoms with Gasteiger partial charge in [-0.1, -0.05) is 19.1 Å². The monoisotopic (exact) mass is 347 g/mol. The van der Waals surface area contributed by atoms with Crippen LogP contribution in [0, 0.1) is 6.92 Å². The van der Waals surface area contributed by atoms with E-state index in [1.807, 2.05) is 0 Å². The van der Waals surface area contributed by atoms with Crippen molar-refractivity contribution in [3.8, 4) is 0 Å². The Labute approximate surface area is 150 Å². The van der Waals surface area contributed by atoms with E-state index in [0.29, 0.717) is 12.5 Å². The van der Waals surface area contributed by atoms with E-state index in [4.69, 9.17) is 9.47 Å². The SMILES string of the molecule is CC(=O)OCC(CN1c2cc(C)ccc2C(C)CC1(C)C)OC(C)=O. The van der Waals surface area contributed by atoms with Gasteiger partial charge in [0.25, 0.3) is 0 Å². The van der Waals surface area contributed by atoms with Gasteiger partial charge in [-0.15, -0.1) is 0 Å². The van der Waals surface area contributed by atoms with Gasteiger partial charge in [0.15, 0.2) is 6.10 Å². The highest BCUT2D eigenvalue weighted by Crippen LogP contribution is 2.43. The first-order chi connectivity index (χ1) is 11.6. The Kier molecular flexibility index (Phi) is 5.76. The summed E-state index contributed by atoms with van der Waals surface area (Å²) in [5.41, 5.74) is 3.58. The molecule has 0 aliphatic carbocycles. The molecule has 1 aromatic rings. The van der Waals surface area contributed by atoms with Crippen molar-refractivity contribution in [1.82, 2.24) is 0 Å². The molecule has 1 aromatic carbocycles. The number of carbonyl (C=O) groups is 2. The van der Waals surface area contributed by atoms with Crippen molar-refractivity contribution < 1.29 is 19.1 Å². The van der Waals surface area contributed by atoms with Crippen LogP contribution in [-0.2, 0) is 19.1 Å². The first-order valence-electron chi connectivity index (χ1n) is 8.79. The molecule has 0 saturated carbocycles. The second-order valence-corrected chi connectivity index (χ2v) is 7.62. The zero-order valence-corrected chi connectivity index (χ0v) is 16.1. The maximum absolute atomic E-state index is 11.5. The highest BCUT2D eigenvalue weighted by molar-refractivity contribution is 5.67. The Morgan fingerprint density at radius 2 is 1.96 bits per heavy atom. The lowest BCUT2D eigenvalue weighted by atomic mass is 9.79. The standard InChI is InChI=1S/C20H29NO4/c1-13-7-8-18-14(2)10-20(5,6)21(19(18)9-13)11-17(25-16(4)23)12-24-15(3)22/h7-9,14,17H,10-12H2,1-6H3. The van der Waals surface area contributed by atoms with E-state index in [-0.39, 0.29) is 24.1 Å². The normalized spacial score (nSPS) is 19.8. The summed E-state index contributed by atoms with van der Waals surface area (Å²) in [7, 11) is 0. The van der Waals surface area contributed by atoms with Crippen LogP contribution in [-0.4, -0.2) is 36.7 Å². The van der Waals surface area contributed by atoms with Crippen molar-refractivity contribution in [1.29, 1.82) is 0 Å². The van der Waals surface area contributed by atoms with Crippen molar-refractivity contribution in [2.24, 2.45) is 0 Å². The second kappa shape index (κ2) is 7.46. The molecule has 5 nitrogen and oxygen atoms in total. The summed E-state index contributed by atoms with van der Waals surface area (Å²) in [5.74, 6) is -0.285. The Bertz CT molecular complexity index is 653. The number of aryl methyl sites for hydroxylation is 1. The topological polar surface area (TPSA) is 55.8 Å². The van der Waals surface area contributed by atoms with Gasteiger partial charge in [0.05, 0.1) is 6.54 Å². The van der Waals surface area contributed by atoms with E-state index in [1.54, 1.807) is 0 Å². The number of nitrogens with zero attached hydrogens (tertiary/aromatic N) is 1. The maximum Gasteiger partial charge on any atom is 0.303 e. The number of hydrogen-bond donors (Lipinski definition) is 0. The average Bonchev–Trinajstić information content (AvgIpc) is 2.47. The second-order valence-electron chi connectivity index (χ2n) is 7.62. The molecule has 1 aliphatic heterocycles. The molecule has 0 aromatic heterocycles. The Morgan fingerprint density at radius 1 is 1.28 bits per heavy atom. The lowest BCUT2D eigenvalue weighted by molar-refractivity contribution is -0.155. The van der Waals surface area contributed by atoms with E-state index >= 15 is 0 Å². The summed E-state index contributed by atoms with van der Waals surface area (Å²) < 4.78 is 10.5. The quantitative estimate of drug-likeness (QED) is 0.762. The third kappa shape index (κ3) is 4.74. The van der Waals surface area contributed by atoms with Crippen molar-refractivity contribution in [2.75, 3.05) is 18.1 Å². The van der Waals surface area contributed by atoms with Crippen LogP contribution in [0.3, 0.4) is 0 Å². The predicted octanol–water partition coefficient (Wildman–Crippen LogP) is 3.58. The summed E-state index contributed by atoms with van der Waals surface area (Å²) in [4.78, 5) is 24.9. The molecule has 2 rings (SSSR count). The van der Waals surface area contributed by atoms with Gasteiger partial charge in [-0.05, 0) is 50.3 Å². The molecule has 138 valence electrons. The minimum Gasteiger partial charge on any atom is -0.462 e. The lowest BCUT2D eigenvalue weighted by Gasteiger charge is -2.48. The number of fused-ring (bicyclic) bond motifs is 1. The molecule has 0 bridgehead atoms. The van der Waals surface area contributed by atoms with Gasteiger partial charge in [-0.25, -0.2) is 0 Å². The summed E-state index contributed by atoms with van der Waals surface area (Å²) in [6.07, 6.45) is 0.506. The molecule has 0 fully saturated rings. The largest absolute Gasteiger partial charge is 0.462 e. The zero-order valence-electron chi connectivity index (χ0n) is 16.1. The molecule has 2 unspecified atom stereocenters. The number of hydrogen-bond acceptors (Lipinski definition) is 5. The molecule has 25 heavy (non-hydrogen) atoms. The zero-order chi connectivity index (χ0) is 18.8. The van der Waals surface area contributed by atoms with Gasteiger partial charge in [-0.2, -0.15) is 0 Å². The number of anilines is 1. The van der Waals surface area contributed by atoms with E-state index in [0.717, 1.165) is 6.42 Å². The van der Waals surface area contributed by atoms with Gasteiger partial charge in [0, 0.05) is 25.1 Å². The van der Waals surface area contributed by atoms with Gasteiger partial charge in [0.2, 0.25) is 0 Å². The molecule has 1 heterocycles. The van der Waals surface area contributed by atoms with E-state index in [2.05, 4.69) is 50.8 Å². The average molecular weight is 347 g/mol. The van der Waals surface area contributed by atoms with Crippen LogP contribution in [0.2, 0.25) is 0 Å². The molecule has 5 heteroatoms. The lowest BCUT2D eigenvalue weighted by Crippen LogP contribution is -2.52. The van der Waals surface area contributed by atoms with Gasteiger partial charge < -0.3 is 14.4 Å². The maximum atomic E-state index is 11.5. The molecule has 0 spiro atoms. The number of rotatable bonds is 5. The molecule has 2 atom stereocenters. The summed E-state index contributed by atoms with van der Waals surface area (Å²) in [5, 5.41) is 0. The van der Waals surface area contributed by atoms with E-state index in [9.17, 15) is 9.59 Å². The number of esters is 2. The summed E-state index contributed by atoms with van der Waals surface area (Å²) in [6, 6.07) is 6.50. The molecule has 0 radical (unpaired) electrons. The van der Waals surface area contributed by atoms with Crippen LogP contribution in [0.1, 0.15) is 58.1 Å². The molecule has 0 N–H and O–H groups in total. The Balaban J connectivity index is 2.33. The highest BCUT2D eigenvalue weighted by atomic mass is 16.6. The van der Waals surface area contributed by atoms with Crippen LogP contribution in [0.15, 0.2) is 18.2 Å². The minimum absolute atomic E-state index is 0.0677. The van der Waals surface area contributed by atoms with Crippen molar-refractivity contribution in [3.63, 3.8) is 0 Å². The summed E-state index contributed by atoms with van der Waals surface area (Å²) >= 11 is 0. The Morgan fingerprint density at radius 3 is 2.56 bits per heavy atom. The number of ether oxygens (including phenoxy) is 2. The van der Waals surface area contributed by atoms with Crippen LogP contribution in [0.25, 0.3) is 0 Å². The summed E-state index contributed by atoms with van der Waals surface area (Å²) in [6.45, 7) is 12.0. The first-order valence-corrected chi connectivity index (χ1v) is 8.79. The third-order valence-electron chi connectivity index (χ3n) is 4.74. The number of carbonyl (C=O) groups excluding carboxylic acids is 2. The number of benzene rings is 1. The molecule has 0 saturated heterocycles. The van der Waals surface area contributed by atoms with E-state index < -0.39 is 6.10 Å². The van der Waals surface area contributed by atoms with Gasteiger partial charge in [-0.3, -0.25) is 9.59 Å². The van der Waals surface area contributed by atoms with Crippen LogP contribution >= 0.6 is 0 Å².